The molecule has 0 bridgehead atoms. The van der Waals surface area contributed by atoms with Crippen molar-refractivity contribution in [1.29, 1.82) is 0 Å². The highest BCUT2D eigenvalue weighted by Gasteiger charge is 2.41. The summed E-state index contributed by atoms with van der Waals surface area (Å²) in [6.07, 6.45) is 2.20. The topological polar surface area (TPSA) is 107 Å². The standard InChI is InChI=1S/C14H15NO6/c16-12(17)9-14(7-3-4-8-14)21-13(18)10-5-1-2-6-11(10)15(19)20/h1-2,5-6H,3-4,7-9H2,(H,16,17). The van der Waals surface area contributed by atoms with Crippen LogP contribution >= 0.6 is 0 Å². The summed E-state index contributed by atoms with van der Waals surface area (Å²) in [4.78, 5) is 33.4. The number of aliphatic carboxylic acids is 1. The summed E-state index contributed by atoms with van der Waals surface area (Å²) >= 11 is 0. The summed E-state index contributed by atoms with van der Waals surface area (Å²) in [6.45, 7) is 0. The van der Waals surface area contributed by atoms with E-state index in [9.17, 15) is 19.7 Å². The Morgan fingerprint density at radius 2 is 1.90 bits per heavy atom. The van der Waals surface area contributed by atoms with Gasteiger partial charge >= 0.3 is 11.9 Å². The lowest BCUT2D eigenvalue weighted by atomic mass is 9.97. The van der Waals surface area contributed by atoms with Crippen molar-refractivity contribution in [2.45, 2.75) is 37.7 Å². The Kier molecular flexibility index (Phi) is 4.21. The maximum atomic E-state index is 12.2. The second kappa shape index (κ2) is 5.90. The third-order valence-corrected chi connectivity index (χ3v) is 3.62. The van der Waals surface area contributed by atoms with Gasteiger partial charge in [0.2, 0.25) is 0 Å². The molecule has 0 saturated heterocycles. The van der Waals surface area contributed by atoms with Gasteiger partial charge in [0.05, 0.1) is 11.3 Å². The molecule has 0 heterocycles. The van der Waals surface area contributed by atoms with E-state index in [1.807, 2.05) is 0 Å². The van der Waals surface area contributed by atoms with Crippen LogP contribution in [0.15, 0.2) is 24.3 Å². The lowest BCUT2D eigenvalue weighted by Gasteiger charge is -2.27. The molecule has 112 valence electrons. The van der Waals surface area contributed by atoms with Crippen LogP contribution in [0.25, 0.3) is 0 Å². The number of ether oxygens (including phenoxy) is 1. The molecular weight excluding hydrogens is 278 g/mol. The van der Waals surface area contributed by atoms with Crippen LogP contribution in [0.5, 0.6) is 0 Å². The van der Waals surface area contributed by atoms with E-state index >= 15 is 0 Å². The Bertz CT molecular complexity index is 577. The Labute approximate surface area is 120 Å². The number of carboxylic acids is 1. The normalized spacial score (nSPS) is 16.4. The minimum absolute atomic E-state index is 0.154. The highest BCUT2D eigenvalue weighted by atomic mass is 16.6. The third-order valence-electron chi connectivity index (χ3n) is 3.62. The van der Waals surface area contributed by atoms with E-state index < -0.39 is 22.5 Å². The van der Waals surface area contributed by atoms with Crippen molar-refractivity contribution in [3.8, 4) is 0 Å². The zero-order chi connectivity index (χ0) is 15.5. The fraction of sp³-hybridized carbons (Fsp3) is 0.429. The number of nitrogens with zero attached hydrogens (tertiary/aromatic N) is 1. The van der Waals surface area contributed by atoms with Crippen LogP contribution in [-0.2, 0) is 9.53 Å². The highest BCUT2D eigenvalue weighted by molar-refractivity contribution is 5.94. The monoisotopic (exact) mass is 293 g/mol. The van der Waals surface area contributed by atoms with Gasteiger partial charge in [-0.25, -0.2) is 4.79 Å². The van der Waals surface area contributed by atoms with Gasteiger partial charge in [-0.05, 0) is 31.7 Å². The molecule has 0 amide bonds. The van der Waals surface area contributed by atoms with E-state index in [-0.39, 0.29) is 17.7 Å². The van der Waals surface area contributed by atoms with Gasteiger partial charge in [-0.3, -0.25) is 14.9 Å². The molecule has 1 aliphatic carbocycles. The number of rotatable bonds is 5. The average molecular weight is 293 g/mol. The number of nitro benzene ring substituents is 1. The van der Waals surface area contributed by atoms with Gasteiger partial charge in [0.25, 0.3) is 5.69 Å². The van der Waals surface area contributed by atoms with Crippen molar-refractivity contribution in [3.05, 3.63) is 39.9 Å². The van der Waals surface area contributed by atoms with Gasteiger partial charge in [-0.1, -0.05) is 12.1 Å². The molecule has 0 aromatic heterocycles. The summed E-state index contributed by atoms with van der Waals surface area (Å²) in [5, 5.41) is 19.9. The molecular formula is C14H15NO6. The highest BCUT2D eigenvalue weighted by Crippen LogP contribution is 2.37. The lowest BCUT2D eigenvalue weighted by Crippen LogP contribution is -2.34. The van der Waals surface area contributed by atoms with E-state index in [1.54, 1.807) is 0 Å². The van der Waals surface area contributed by atoms with Crippen molar-refractivity contribution >= 4 is 17.6 Å². The van der Waals surface area contributed by atoms with Crippen LogP contribution < -0.4 is 0 Å². The summed E-state index contributed by atoms with van der Waals surface area (Å²) in [5.41, 5.74) is -1.54. The predicted molar refractivity (Wildman–Crippen MR) is 72.0 cm³/mol. The third kappa shape index (κ3) is 3.36. The minimum Gasteiger partial charge on any atom is -0.481 e. The Balaban J connectivity index is 2.24. The first-order valence-electron chi connectivity index (χ1n) is 6.62. The van der Waals surface area contributed by atoms with Crippen LogP contribution in [0.3, 0.4) is 0 Å². The first-order chi connectivity index (χ1) is 9.93. The quantitative estimate of drug-likeness (QED) is 0.508. The number of nitro groups is 1. The molecule has 2 rings (SSSR count). The van der Waals surface area contributed by atoms with Crippen molar-refractivity contribution in [2.75, 3.05) is 0 Å². The summed E-state index contributed by atoms with van der Waals surface area (Å²) in [6, 6.07) is 5.48. The first kappa shape index (κ1) is 15.0. The maximum absolute atomic E-state index is 12.2. The summed E-state index contributed by atoms with van der Waals surface area (Å²) < 4.78 is 5.36. The number of carbonyl (C=O) groups excluding carboxylic acids is 1. The summed E-state index contributed by atoms with van der Waals surface area (Å²) in [5.74, 6) is -1.89. The Morgan fingerprint density at radius 3 is 2.48 bits per heavy atom. The molecule has 0 spiro atoms. The molecule has 0 atom stereocenters. The maximum Gasteiger partial charge on any atom is 0.345 e. The van der Waals surface area contributed by atoms with Gasteiger partial charge in [0.1, 0.15) is 11.2 Å². The molecule has 7 nitrogen and oxygen atoms in total. The fourth-order valence-electron chi connectivity index (χ4n) is 2.67. The van der Waals surface area contributed by atoms with E-state index in [4.69, 9.17) is 9.84 Å². The molecule has 7 heteroatoms. The average Bonchev–Trinajstić information content (AvgIpc) is 2.85. The lowest BCUT2D eigenvalue weighted by molar-refractivity contribution is -0.385. The van der Waals surface area contributed by atoms with Gasteiger partial charge in [0, 0.05) is 6.07 Å². The molecule has 1 N–H and O–H groups in total. The van der Waals surface area contributed by atoms with E-state index in [2.05, 4.69) is 0 Å². The van der Waals surface area contributed by atoms with Gasteiger partial charge in [-0.2, -0.15) is 0 Å². The zero-order valence-corrected chi connectivity index (χ0v) is 11.3. The number of carbonyl (C=O) groups is 2. The SMILES string of the molecule is O=C(O)CC1(OC(=O)c2ccccc2[N+](=O)[O-])CCCC1. The molecule has 0 radical (unpaired) electrons. The van der Waals surface area contributed by atoms with Crippen molar-refractivity contribution < 1.29 is 24.4 Å². The van der Waals surface area contributed by atoms with E-state index in [0.717, 1.165) is 12.8 Å². The van der Waals surface area contributed by atoms with Crippen LogP contribution in [0, 0.1) is 10.1 Å². The summed E-state index contributed by atoms with van der Waals surface area (Å²) in [7, 11) is 0. The molecule has 1 saturated carbocycles. The van der Waals surface area contributed by atoms with Gasteiger partial charge < -0.3 is 9.84 Å². The number of hydrogen-bond acceptors (Lipinski definition) is 5. The van der Waals surface area contributed by atoms with Crippen molar-refractivity contribution in [1.82, 2.24) is 0 Å². The molecule has 1 fully saturated rings. The van der Waals surface area contributed by atoms with Crippen molar-refractivity contribution in [2.24, 2.45) is 0 Å². The van der Waals surface area contributed by atoms with Crippen LogP contribution in [0.1, 0.15) is 42.5 Å². The van der Waals surface area contributed by atoms with Crippen LogP contribution in [0.4, 0.5) is 5.69 Å². The molecule has 1 aromatic carbocycles. The van der Waals surface area contributed by atoms with Gasteiger partial charge in [0.15, 0.2) is 0 Å². The molecule has 1 aromatic rings. The predicted octanol–water partition coefficient (Wildman–Crippen LogP) is 2.54. The first-order valence-corrected chi connectivity index (χ1v) is 6.62. The van der Waals surface area contributed by atoms with Gasteiger partial charge in [-0.15, -0.1) is 0 Å². The largest absolute Gasteiger partial charge is 0.481 e. The Hall–Kier alpha value is -2.44. The number of esters is 1. The zero-order valence-electron chi connectivity index (χ0n) is 11.3. The number of carboxylic acid groups (broad SMARTS) is 1. The fourth-order valence-corrected chi connectivity index (χ4v) is 2.67. The second-order valence-electron chi connectivity index (χ2n) is 5.12. The molecule has 0 unspecified atom stereocenters. The van der Waals surface area contributed by atoms with Crippen LogP contribution in [0.2, 0.25) is 0 Å². The number of para-hydroxylation sites is 1. The smallest absolute Gasteiger partial charge is 0.345 e. The van der Waals surface area contributed by atoms with Crippen molar-refractivity contribution in [3.63, 3.8) is 0 Å². The van der Waals surface area contributed by atoms with E-state index in [1.165, 1.54) is 24.3 Å². The molecule has 0 aliphatic heterocycles. The molecule has 1 aliphatic rings. The second-order valence-corrected chi connectivity index (χ2v) is 5.12. The Morgan fingerprint density at radius 1 is 1.29 bits per heavy atom. The molecule has 21 heavy (non-hydrogen) atoms. The number of hydrogen-bond donors (Lipinski definition) is 1. The number of benzene rings is 1. The van der Waals surface area contributed by atoms with Crippen LogP contribution in [-0.4, -0.2) is 27.6 Å². The van der Waals surface area contributed by atoms with E-state index in [0.29, 0.717) is 12.8 Å². The minimum atomic E-state index is -1.05.